The lowest BCUT2D eigenvalue weighted by atomic mass is 10.1. The van der Waals surface area contributed by atoms with Gasteiger partial charge in [0.15, 0.2) is 11.5 Å². The van der Waals surface area contributed by atoms with Gasteiger partial charge in [0.2, 0.25) is 0 Å². The van der Waals surface area contributed by atoms with Gasteiger partial charge in [-0.1, -0.05) is 36.4 Å². The van der Waals surface area contributed by atoms with E-state index in [-0.39, 0.29) is 19.4 Å². The van der Waals surface area contributed by atoms with Crippen LogP contribution in [-0.4, -0.2) is 43.1 Å². The number of methoxy groups -OCH3 is 1. The molecule has 0 radical (unpaired) electrons. The van der Waals surface area contributed by atoms with Crippen molar-refractivity contribution in [3.63, 3.8) is 0 Å². The predicted molar refractivity (Wildman–Crippen MR) is 121 cm³/mol. The minimum atomic E-state index is -0.966. The molecular formula is C25H29NO8. The number of amides is 1. The Kier molecular flexibility index (Phi) is 7.99. The van der Waals surface area contributed by atoms with Crippen LogP contribution in [0.1, 0.15) is 38.3 Å². The predicted octanol–water partition coefficient (Wildman–Crippen LogP) is 3.53. The largest absolute Gasteiger partial charge is 0.467 e. The fourth-order valence-electron chi connectivity index (χ4n) is 3.26. The summed E-state index contributed by atoms with van der Waals surface area (Å²) in [4.78, 5) is 36.5. The highest BCUT2D eigenvalue weighted by molar-refractivity contribution is 5.81. The highest BCUT2D eigenvalue weighted by Crippen LogP contribution is 2.36. The molecule has 0 spiro atoms. The van der Waals surface area contributed by atoms with E-state index in [1.165, 1.54) is 7.11 Å². The molecule has 0 saturated heterocycles. The minimum Gasteiger partial charge on any atom is -0.467 e. The Labute approximate surface area is 198 Å². The van der Waals surface area contributed by atoms with Crippen molar-refractivity contribution in [1.82, 2.24) is 5.32 Å². The van der Waals surface area contributed by atoms with Crippen LogP contribution in [0.2, 0.25) is 0 Å². The molecule has 0 aromatic heterocycles. The molecule has 182 valence electrons. The maximum Gasteiger partial charge on any atom is 0.408 e. The summed E-state index contributed by atoms with van der Waals surface area (Å²) in [5.74, 6) is -0.143. The third kappa shape index (κ3) is 7.40. The Hall–Kier alpha value is -3.75. The third-order valence-electron chi connectivity index (χ3n) is 4.71. The Morgan fingerprint density at radius 1 is 1.00 bits per heavy atom. The van der Waals surface area contributed by atoms with E-state index >= 15 is 0 Å². The maximum atomic E-state index is 12.2. The molecule has 0 bridgehead atoms. The quantitative estimate of drug-likeness (QED) is 0.460. The zero-order valence-corrected chi connectivity index (χ0v) is 19.7. The highest BCUT2D eigenvalue weighted by Gasteiger charge is 2.30. The number of hydrogen-bond acceptors (Lipinski definition) is 8. The van der Waals surface area contributed by atoms with Gasteiger partial charge in [0.25, 0.3) is 6.29 Å². The van der Waals surface area contributed by atoms with Crippen LogP contribution in [0.15, 0.2) is 48.5 Å². The summed E-state index contributed by atoms with van der Waals surface area (Å²) in [6, 6.07) is 13.3. The first kappa shape index (κ1) is 24.9. The van der Waals surface area contributed by atoms with Gasteiger partial charge < -0.3 is 29.0 Å². The van der Waals surface area contributed by atoms with Gasteiger partial charge >= 0.3 is 18.0 Å². The van der Waals surface area contributed by atoms with E-state index in [1.54, 1.807) is 39.0 Å². The number of carbonyl (C=O) groups is 3. The summed E-state index contributed by atoms with van der Waals surface area (Å²) in [6.45, 7) is 5.42. The number of rotatable bonds is 8. The average molecular weight is 472 g/mol. The second-order valence-electron chi connectivity index (χ2n) is 8.72. The zero-order chi connectivity index (χ0) is 24.7. The van der Waals surface area contributed by atoms with Gasteiger partial charge in [0, 0.05) is 6.42 Å². The molecule has 1 aliphatic rings. The summed E-state index contributed by atoms with van der Waals surface area (Å²) in [5.41, 5.74) is 0.913. The summed E-state index contributed by atoms with van der Waals surface area (Å²) in [5, 5.41) is 2.54. The second kappa shape index (κ2) is 10.9. The van der Waals surface area contributed by atoms with E-state index in [2.05, 4.69) is 5.32 Å². The number of hydrogen-bond donors (Lipinski definition) is 1. The zero-order valence-electron chi connectivity index (χ0n) is 19.7. The summed E-state index contributed by atoms with van der Waals surface area (Å²) in [6.07, 6.45) is -1.47. The molecule has 1 amide bonds. The molecule has 1 aliphatic heterocycles. The van der Waals surface area contributed by atoms with Crippen LogP contribution in [0, 0.1) is 0 Å². The van der Waals surface area contributed by atoms with Crippen LogP contribution >= 0.6 is 0 Å². The molecule has 3 rings (SSSR count). The Morgan fingerprint density at radius 2 is 1.71 bits per heavy atom. The van der Waals surface area contributed by atoms with E-state index in [0.717, 1.165) is 5.56 Å². The Bertz CT molecular complexity index is 1020. The van der Waals surface area contributed by atoms with Crippen LogP contribution in [-0.2, 0) is 36.8 Å². The van der Waals surface area contributed by atoms with Crippen molar-refractivity contribution >= 4 is 18.0 Å². The van der Waals surface area contributed by atoms with Gasteiger partial charge in [-0.05, 0) is 44.0 Å². The molecule has 0 aliphatic carbocycles. The van der Waals surface area contributed by atoms with Gasteiger partial charge in [0.05, 0.1) is 7.11 Å². The first-order valence-electron chi connectivity index (χ1n) is 10.9. The van der Waals surface area contributed by atoms with Gasteiger partial charge in [0.1, 0.15) is 24.7 Å². The second-order valence-corrected chi connectivity index (χ2v) is 8.72. The van der Waals surface area contributed by atoms with Crippen LogP contribution in [0.5, 0.6) is 11.5 Å². The van der Waals surface area contributed by atoms with Crippen LogP contribution in [0.25, 0.3) is 0 Å². The average Bonchev–Trinajstić information content (AvgIpc) is 3.17. The number of benzene rings is 2. The number of carbonyl (C=O) groups excluding carboxylic acids is 3. The monoisotopic (exact) mass is 471 g/mol. The molecule has 2 aromatic rings. The first-order chi connectivity index (χ1) is 16.1. The molecule has 0 fully saturated rings. The standard InChI is InChI=1S/C25H29NO8/c1-25(2,3)34-21(27)14-22-32-19-11-10-17(13-20(19)33-22)12-18(23(28)30-4)26-24(29)31-15-16-8-6-5-7-9-16/h5-11,13,18,22H,12,14-15H2,1-4H3,(H,26,29). The molecule has 2 unspecified atom stereocenters. The van der Waals surface area contributed by atoms with Crippen molar-refractivity contribution < 1.29 is 38.1 Å². The molecule has 9 nitrogen and oxygen atoms in total. The van der Waals surface area contributed by atoms with Gasteiger partial charge in [-0.3, -0.25) is 4.79 Å². The van der Waals surface area contributed by atoms with E-state index in [0.29, 0.717) is 17.1 Å². The maximum absolute atomic E-state index is 12.2. The minimum absolute atomic E-state index is 0.0686. The molecule has 1 N–H and O–H groups in total. The van der Waals surface area contributed by atoms with Crippen molar-refractivity contribution in [1.29, 1.82) is 0 Å². The van der Waals surface area contributed by atoms with E-state index in [9.17, 15) is 14.4 Å². The summed E-state index contributed by atoms with van der Waals surface area (Å²) < 4.78 is 26.7. The van der Waals surface area contributed by atoms with E-state index in [1.807, 2.05) is 30.3 Å². The highest BCUT2D eigenvalue weighted by atomic mass is 16.7. The van der Waals surface area contributed by atoms with Gasteiger partial charge in [-0.25, -0.2) is 9.59 Å². The molecule has 2 aromatic carbocycles. The fourth-order valence-corrected chi connectivity index (χ4v) is 3.26. The van der Waals surface area contributed by atoms with Crippen molar-refractivity contribution in [2.75, 3.05) is 7.11 Å². The molecule has 0 saturated carbocycles. The molecule has 1 heterocycles. The number of fused-ring (bicyclic) bond motifs is 1. The number of alkyl carbamates (subject to hydrolysis) is 1. The molecular weight excluding hydrogens is 442 g/mol. The lowest BCUT2D eigenvalue weighted by molar-refractivity contribution is -0.159. The number of esters is 2. The number of ether oxygens (including phenoxy) is 5. The third-order valence-corrected chi connectivity index (χ3v) is 4.71. The van der Waals surface area contributed by atoms with Crippen molar-refractivity contribution in [2.24, 2.45) is 0 Å². The normalized spacial score (nSPS) is 15.2. The van der Waals surface area contributed by atoms with Gasteiger partial charge in [-0.15, -0.1) is 0 Å². The van der Waals surface area contributed by atoms with Crippen molar-refractivity contribution in [3.05, 3.63) is 59.7 Å². The molecule has 2 atom stereocenters. The van der Waals surface area contributed by atoms with Gasteiger partial charge in [-0.2, -0.15) is 0 Å². The first-order valence-corrected chi connectivity index (χ1v) is 10.9. The van der Waals surface area contributed by atoms with Crippen LogP contribution < -0.4 is 14.8 Å². The SMILES string of the molecule is COC(=O)C(Cc1ccc2c(c1)OC(CC(=O)OC(C)(C)C)O2)NC(=O)OCc1ccccc1. The lowest BCUT2D eigenvalue weighted by Crippen LogP contribution is -2.43. The Balaban J connectivity index is 1.58. The van der Waals surface area contributed by atoms with Crippen molar-refractivity contribution in [2.45, 2.75) is 58.2 Å². The van der Waals surface area contributed by atoms with E-state index < -0.39 is 36.0 Å². The lowest BCUT2D eigenvalue weighted by Gasteiger charge is -2.20. The Morgan fingerprint density at radius 3 is 2.38 bits per heavy atom. The molecule has 34 heavy (non-hydrogen) atoms. The fraction of sp³-hybridized carbons (Fsp3) is 0.400. The smallest absolute Gasteiger partial charge is 0.408 e. The van der Waals surface area contributed by atoms with E-state index in [4.69, 9.17) is 23.7 Å². The topological polar surface area (TPSA) is 109 Å². The van der Waals surface area contributed by atoms with Crippen molar-refractivity contribution in [3.8, 4) is 11.5 Å². The molecule has 9 heteroatoms. The van der Waals surface area contributed by atoms with Crippen LogP contribution in [0.4, 0.5) is 4.79 Å². The van der Waals surface area contributed by atoms with Crippen LogP contribution in [0.3, 0.4) is 0 Å². The summed E-state index contributed by atoms with van der Waals surface area (Å²) >= 11 is 0. The number of nitrogens with one attached hydrogen (secondary N) is 1. The summed E-state index contributed by atoms with van der Waals surface area (Å²) in [7, 11) is 1.24.